The van der Waals surface area contributed by atoms with Gasteiger partial charge in [-0.2, -0.15) is 0 Å². The monoisotopic (exact) mass is 389 g/mol. The predicted molar refractivity (Wildman–Crippen MR) is 115 cm³/mol. The van der Waals surface area contributed by atoms with Crippen molar-refractivity contribution >= 4 is 25.2 Å². The maximum Gasteiger partial charge on any atom is 0.352 e. The molecule has 0 bridgehead atoms. The van der Waals surface area contributed by atoms with Crippen LogP contribution in [0.25, 0.3) is 10.9 Å². The van der Waals surface area contributed by atoms with Gasteiger partial charge in [-0.3, -0.25) is 0 Å². The molecule has 1 aromatic heterocycles. The van der Waals surface area contributed by atoms with Gasteiger partial charge in [-0.25, -0.2) is 4.79 Å². The molecule has 0 spiro atoms. The second-order valence-corrected chi connectivity index (χ2v) is 14.5. The minimum absolute atomic E-state index is 0.318. The summed E-state index contributed by atoms with van der Waals surface area (Å²) in [6.07, 6.45) is 0. The van der Waals surface area contributed by atoms with Crippen LogP contribution in [0.2, 0.25) is 16.6 Å². The molecule has 0 saturated heterocycles. The lowest BCUT2D eigenvalue weighted by Crippen LogP contribution is -2.54. The Morgan fingerprint density at radius 3 is 2.07 bits per heavy atom. The van der Waals surface area contributed by atoms with Gasteiger partial charge in [0.05, 0.1) is 12.1 Å². The molecule has 0 aliphatic carbocycles. The minimum Gasteiger partial charge on any atom is -0.477 e. The van der Waals surface area contributed by atoms with Crippen molar-refractivity contribution in [1.29, 1.82) is 0 Å². The van der Waals surface area contributed by atoms with Gasteiger partial charge in [-0.1, -0.05) is 59.7 Å². The third-order valence-corrected chi connectivity index (χ3v) is 12.0. The highest BCUT2D eigenvalue weighted by Gasteiger charge is 2.48. The number of carbonyl (C=O) groups is 1. The summed E-state index contributed by atoms with van der Waals surface area (Å²) in [4.78, 5) is 11.8. The predicted octanol–water partition coefficient (Wildman–Crippen LogP) is 6.31. The van der Waals surface area contributed by atoms with E-state index in [1.54, 1.807) is 6.07 Å². The molecule has 27 heavy (non-hydrogen) atoms. The van der Waals surface area contributed by atoms with E-state index in [-0.39, 0.29) is 0 Å². The van der Waals surface area contributed by atoms with Crippen molar-refractivity contribution in [3.63, 3.8) is 0 Å². The third kappa shape index (κ3) is 4.14. The summed E-state index contributed by atoms with van der Waals surface area (Å²) in [6.45, 7) is 18.4. The summed E-state index contributed by atoms with van der Waals surface area (Å²) in [5, 5.41) is 10.7. The van der Waals surface area contributed by atoms with Crippen molar-refractivity contribution in [2.45, 2.75) is 84.2 Å². The quantitative estimate of drug-likeness (QED) is 0.538. The van der Waals surface area contributed by atoms with Gasteiger partial charge in [0.25, 0.3) is 0 Å². The van der Waals surface area contributed by atoms with E-state index in [9.17, 15) is 9.90 Å². The molecular weight excluding hydrogens is 354 g/mol. The first-order valence-corrected chi connectivity index (χ1v) is 12.1. The molecule has 1 heterocycles. The fraction of sp³-hybridized carbons (Fsp3) is 0.591. The number of hydrogen-bond acceptors (Lipinski definition) is 2. The summed E-state index contributed by atoms with van der Waals surface area (Å²) in [7, 11) is -2.07. The molecule has 0 aliphatic rings. The van der Waals surface area contributed by atoms with Crippen molar-refractivity contribution in [2.75, 3.05) is 0 Å². The van der Waals surface area contributed by atoms with Gasteiger partial charge in [0.15, 0.2) is 0 Å². The van der Waals surface area contributed by atoms with Crippen LogP contribution in [-0.4, -0.2) is 29.6 Å². The molecule has 0 radical (unpaired) electrons. The number of rotatable bonds is 8. The molecular formula is C22H35NO3Si. The van der Waals surface area contributed by atoms with E-state index >= 15 is 0 Å². The first-order valence-electron chi connectivity index (χ1n) is 9.94. The largest absolute Gasteiger partial charge is 0.477 e. The Morgan fingerprint density at radius 1 is 1.07 bits per heavy atom. The van der Waals surface area contributed by atoms with Gasteiger partial charge < -0.3 is 14.1 Å². The van der Waals surface area contributed by atoms with Gasteiger partial charge >= 0.3 is 5.97 Å². The third-order valence-electron chi connectivity index (χ3n) is 5.73. The average molecular weight is 390 g/mol. The number of nitrogens with zero attached hydrogens (tertiary/aromatic N) is 1. The van der Waals surface area contributed by atoms with E-state index in [1.165, 1.54) is 0 Å². The van der Waals surface area contributed by atoms with Crippen LogP contribution in [0.4, 0.5) is 0 Å². The number of fused-ring (bicyclic) bond motifs is 1. The number of carboxylic acids is 1. The summed E-state index contributed by atoms with van der Waals surface area (Å²) in [5.41, 5.74) is 2.25. The second-order valence-electron chi connectivity index (χ2n) is 9.16. The molecule has 0 saturated carbocycles. The molecule has 2 rings (SSSR count). The van der Waals surface area contributed by atoms with Crippen LogP contribution in [0.3, 0.4) is 0 Å². The molecule has 5 heteroatoms. The van der Waals surface area contributed by atoms with Crippen LogP contribution in [0.15, 0.2) is 30.3 Å². The topological polar surface area (TPSA) is 51.5 Å². The van der Waals surface area contributed by atoms with Crippen LogP contribution < -0.4 is 0 Å². The zero-order valence-electron chi connectivity index (χ0n) is 18.0. The number of hydrogen-bond donors (Lipinski definition) is 1. The Bertz CT molecular complexity index is 783. The lowest BCUT2D eigenvalue weighted by molar-refractivity contribution is 0.0615. The maximum absolute atomic E-state index is 11.8. The zero-order valence-corrected chi connectivity index (χ0v) is 19.0. The van der Waals surface area contributed by atoms with E-state index < -0.39 is 19.9 Å². The molecule has 0 unspecified atom stereocenters. The fourth-order valence-electron chi connectivity index (χ4n) is 4.80. The molecule has 0 atom stereocenters. The Morgan fingerprint density at radius 2 is 1.59 bits per heavy atom. The second kappa shape index (κ2) is 7.80. The smallest absolute Gasteiger partial charge is 0.352 e. The van der Waals surface area contributed by atoms with E-state index in [2.05, 4.69) is 55.4 Å². The standard InChI is InChI=1S/C22H35NO3Si/c1-15(2)27(16(3)4,17(5)6)26-22(7,8)14-23-19-12-10-9-11-18(19)13-20(23)21(24)25/h9-13,15-17H,14H2,1-8H3,(H,24,25). The number of benzene rings is 1. The van der Waals surface area contributed by atoms with E-state index in [0.29, 0.717) is 28.9 Å². The molecule has 1 aromatic carbocycles. The number of aromatic carboxylic acids is 1. The van der Waals surface area contributed by atoms with Crippen LogP contribution in [0, 0.1) is 0 Å². The van der Waals surface area contributed by atoms with Gasteiger partial charge in [0.1, 0.15) is 5.69 Å². The zero-order chi connectivity index (χ0) is 20.6. The summed E-state index contributed by atoms with van der Waals surface area (Å²) in [6, 6.07) is 9.59. The van der Waals surface area contributed by atoms with Gasteiger partial charge in [0, 0.05) is 10.9 Å². The molecule has 4 nitrogen and oxygen atoms in total. The van der Waals surface area contributed by atoms with Crippen molar-refractivity contribution in [3.05, 3.63) is 36.0 Å². The first-order chi connectivity index (χ1) is 12.4. The number of para-hydroxylation sites is 1. The average Bonchev–Trinajstić information content (AvgIpc) is 2.90. The van der Waals surface area contributed by atoms with Crippen molar-refractivity contribution in [3.8, 4) is 0 Å². The van der Waals surface area contributed by atoms with Gasteiger partial charge in [0.2, 0.25) is 8.32 Å². The lowest BCUT2D eigenvalue weighted by atomic mass is 10.1. The van der Waals surface area contributed by atoms with Crippen molar-refractivity contribution < 1.29 is 14.3 Å². The number of carboxylic acid groups (broad SMARTS) is 1. The van der Waals surface area contributed by atoms with Gasteiger partial charge in [-0.15, -0.1) is 0 Å². The summed E-state index contributed by atoms with van der Waals surface area (Å²) < 4.78 is 8.89. The molecule has 0 aliphatic heterocycles. The SMILES string of the molecule is CC(C)[Si](OC(C)(C)Cn1c(C(=O)O)cc2ccccc21)(C(C)C)C(C)C. The highest BCUT2D eigenvalue weighted by atomic mass is 28.4. The van der Waals surface area contributed by atoms with Crippen LogP contribution in [0.5, 0.6) is 0 Å². The summed E-state index contributed by atoms with van der Waals surface area (Å²) in [5.74, 6) is -0.901. The Kier molecular flexibility index (Phi) is 6.27. The molecule has 0 amide bonds. The fourth-order valence-corrected chi connectivity index (χ4v) is 10.5. The molecule has 2 aromatic rings. The van der Waals surface area contributed by atoms with Crippen molar-refractivity contribution in [2.24, 2.45) is 0 Å². The highest BCUT2D eigenvalue weighted by molar-refractivity contribution is 6.77. The van der Waals surface area contributed by atoms with E-state index in [0.717, 1.165) is 10.9 Å². The highest BCUT2D eigenvalue weighted by Crippen LogP contribution is 2.45. The van der Waals surface area contributed by atoms with Crippen LogP contribution in [-0.2, 0) is 11.0 Å². The summed E-state index contributed by atoms with van der Waals surface area (Å²) >= 11 is 0. The molecule has 1 N–H and O–H groups in total. The van der Waals surface area contributed by atoms with Crippen LogP contribution >= 0.6 is 0 Å². The van der Waals surface area contributed by atoms with E-state index in [4.69, 9.17) is 4.43 Å². The Balaban J connectivity index is 2.48. The maximum atomic E-state index is 11.8. The van der Waals surface area contributed by atoms with Crippen LogP contribution in [0.1, 0.15) is 65.9 Å². The van der Waals surface area contributed by atoms with Gasteiger partial charge in [-0.05, 0) is 42.6 Å². The minimum atomic E-state index is -2.07. The Labute approximate surface area is 164 Å². The van der Waals surface area contributed by atoms with Crippen molar-refractivity contribution in [1.82, 2.24) is 4.57 Å². The lowest BCUT2D eigenvalue weighted by Gasteiger charge is -2.47. The Hall–Kier alpha value is -1.59. The number of aromatic nitrogens is 1. The first kappa shape index (κ1) is 21.7. The molecule has 150 valence electrons. The normalized spacial score (nSPS) is 13.3. The molecule has 0 fully saturated rings. The van der Waals surface area contributed by atoms with E-state index in [1.807, 2.05) is 28.8 Å².